The standard InChI is InChI=1S/C18H27NO2/c1-13(2)10-18(12-19,17(20)21)11-15-8-5-7-14-6-3-4-9-16(14)15/h3-4,6,9,13,15H,5,7-8,10-12,19H2,1-2H3,(H,20,21). The van der Waals surface area contributed by atoms with Crippen molar-refractivity contribution in [1.82, 2.24) is 0 Å². The van der Waals surface area contributed by atoms with E-state index >= 15 is 0 Å². The molecule has 0 bridgehead atoms. The van der Waals surface area contributed by atoms with E-state index < -0.39 is 11.4 Å². The fourth-order valence-corrected chi connectivity index (χ4v) is 3.83. The summed E-state index contributed by atoms with van der Waals surface area (Å²) in [7, 11) is 0. The quantitative estimate of drug-likeness (QED) is 0.841. The zero-order chi connectivity index (χ0) is 15.5. The van der Waals surface area contributed by atoms with Crippen LogP contribution in [0.5, 0.6) is 0 Å². The molecule has 116 valence electrons. The number of carboxylic acids is 1. The Balaban J connectivity index is 2.27. The molecule has 21 heavy (non-hydrogen) atoms. The molecular weight excluding hydrogens is 262 g/mol. The van der Waals surface area contributed by atoms with Crippen molar-refractivity contribution in [2.24, 2.45) is 17.1 Å². The van der Waals surface area contributed by atoms with Crippen LogP contribution in [0.25, 0.3) is 0 Å². The molecule has 2 rings (SSSR count). The third-order valence-electron chi connectivity index (χ3n) is 4.77. The number of carbonyl (C=O) groups is 1. The molecule has 3 heteroatoms. The molecule has 0 spiro atoms. The predicted molar refractivity (Wildman–Crippen MR) is 85.3 cm³/mol. The van der Waals surface area contributed by atoms with Crippen LogP contribution in [0.2, 0.25) is 0 Å². The molecule has 0 fully saturated rings. The van der Waals surface area contributed by atoms with Gasteiger partial charge in [0.15, 0.2) is 0 Å². The summed E-state index contributed by atoms with van der Waals surface area (Å²) in [5.74, 6) is -0.0708. The van der Waals surface area contributed by atoms with E-state index in [1.54, 1.807) is 0 Å². The molecule has 1 aromatic rings. The minimum atomic E-state index is -0.788. The molecule has 3 N–H and O–H groups in total. The molecule has 0 amide bonds. The fraction of sp³-hybridized carbons (Fsp3) is 0.611. The lowest BCUT2D eigenvalue weighted by atomic mass is 9.69. The highest BCUT2D eigenvalue weighted by Gasteiger charge is 2.40. The first-order valence-electron chi connectivity index (χ1n) is 8.00. The monoisotopic (exact) mass is 289 g/mol. The van der Waals surface area contributed by atoms with Crippen molar-refractivity contribution in [3.63, 3.8) is 0 Å². The van der Waals surface area contributed by atoms with Crippen LogP contribution in [0.1, 0.15) is 56.6 Å². The highest BCUT2D eigenvalue weighted by molar-refractivity contribution is 5.75. The van der Waals surface area contributed by atoms with Crippen molar-refractivity contribution in [1.29, 1.82) is 0 Å². The minimum absolute atomic E-state index is 0.221. The number of rotatable bonds is 6. The maximum atomic E-state index is 11.9. The first kappa shape index (κ1) is 16.0. The van der Waals surface area contributed by atoms with Crippen LogP contribution in [0.15, 0.2) is 24.3 Å². The van der Waals surface area contributed by atoms with Gasteiger partial charge in [0.05, 0.1) is 5.41 Å². The van der Waals surface area contributed by atoms with Gasteiger partial charge in [-0.2, -0.15) is 0 Å². The molecule has 0 aromatic heterocycles. The molecular formula is C18H27NO2. The van der Waals surface area contributed by atoms with Crippen molar-refractivity contribution >= 4 is 5.97 Å². The molecule has 0 aliphatic heterocycles. The van der Waals surface area contributed by atoms with Gasteiger partial charge in [-0.3, -0.25) is 4.79 Å². The van der Waals surface area contributed by atoms with E-state index in [-0.39, 0.29) is 6.54 Å². The van der Waals surface area contributed by atoms with Gasteiger partial charge >= 0.3 is 5.97 Å². The highest BCUT2D eigenvalue weighted by atomic mass is 16.4. The van der Waals surface area contributed by atoms with E-state index in [9.17, 15) is 9.90 Å². The summed E-state index contributed by atoms with van der Waals surface area (Å²) in [6.45, 7) is 4.36. The van der Waals surface area contributed by atoms with Crippen LogP contribution in [0.4, 0.5) is 0 Å². The lowest BCUT2D eigenvalue weighted by Gasteiger charge is -2.36. The van der Waals surface area contributed by atoms with Crippen molar-refractivity contribution < 1.29 is 9.90 Å². The second-order valence-corrected chi connectivity index (χ2v) is 6.88. The number of carboxylic acid groups (broad SMARTS) is 1. The van der Waals surface area contributed by atoms with Crippen molar-refractivity contribution in [3.05, 3.63) is 35.4 Å². The minimum Gasteiger partial charge on any atom is -0.481 e. The average Bonchev–Trinajstić information content (AvgIpc) is 2.46. The molecule has 3 nitrogen and oxygen atoms in total. The smallest absolute Gasteiger partial charge is 0.310 e. The number of hydrogen-bond donors (Lipinski definition) is 2. The molecule has 0 heterocycles. The number of hydrogen-bond acceptors (Lipinski definition) is 2. The van der Waals surface area contributed by atoms with Gasteiger partial charge in [-0.05, 0) is 55.1 Å². The molecule has 0 saturated heterocycles. The van der Waals surface area contributed by atoms with Crippen molar-refractivity contribution in [3.8, 4) is 0 Å². The van der Waals surface area contributed by atoms with E-state index in [0.717, 1.165) is 19.3 Å². The largest absolute Gasteiger partial charge is 0.481 e. The maximum Gasteiger partial charge on any atom is 0.310 e. The average molecular weight is 289 g/mol. The Hall–Kier alpha value is -1.35. The van der Waals surface area contributed by atoms with Crippen molar-refractivity contribution in [2.75, 3.05) is 6.54 Å². The number of benzene rings is 1. The lowest BCUT2D eigenvalue weighted by Crippen LogP contribution is -2.41. The summed E-state index contributed by atoms with van der Waals surface area (Å²) in [4.78, 5) is 11.9. The van der Waals surface area contributed by atoms with Gasteiger partial charge in [0.25, 0.3) is 0 Å². The molecule has 0 saturated carbocycles. The molecule has 2 unspecified atom stereocenters. The number of nitrogens with two attached hydrogens (primary N) is 1. The van der Waals surface area contributed by atoms with E-state index in [1.807, 2.05) is 0 Å². The first-order chi connectivity index (χ1) is 9.98. The van der Waals surface area contributed by atoms with Crippen LogP contribution in [-0.4, -0.2) is 17.6 Å². The van der Waals surface area contributed by atoms with Gasteiger partial charge < -0.3 is 10.8 Å². The maximum absolute atomic E-state index is 11.9. The third kappa shape index (κ3) is 3.46. The first-order valence-corrected chi connectivity index (χ1v) is 8.00. The predicted octanol–water partition coefficient (Wildman–Crippen LogP) is 3.57. The molecule has 1 aliphatic rings. The summed E-state index contributed by atoms with van der Waals surface area (Å²) >= 11 is 0. The van der Waals surface area contributed by atoms with E-state index in [4.69, 9.17) is 5.73 Å². The van der Waals surface area contributed by atoms with E-state index in [1.165, 1.54) is 11.1 Å². The summed E-state index contributed by atoms with van der Waals surface area (Å²) in [5, 5.41) is 9.77. The summed E-state index contributed by atoms with van der Waals surface area (Å²) in [5.41, 5.74) is 7.85. The number of aliphatic carboxylic acids is 1. The zero-order valence-electron chi connectivity index (χ0n) is 13.1. The van der Waals surface area contributed by atoms with Gasteiger partial charge in [-0.15, -0.1) is 0 Å². The van der Waals surface area contributed by atoms with Gasteiger partial charge in [0.2, 0.25) is 0 Å². The van der Waals surface area contributed by atoms with E-state index in [0.29, 0.717) is 24.7 Å². The number of fused-ring (bicyclic) bond motifs is 1. The Morgan fingerprint density at radius 1 is 1.43 bits per heavy atom. The number of aryl methyl sites for hydroxylation is 1. The Bertz CT molecular complexity index is 498. The van der Waals surface area contributed by atoms with Crippen LogP contribution < -0.4 is 5.73 Å². The van der Waals surface area contributed by atoms with E-state index in [2.05, 4.69) is 38.1 Å². The lowest BCUT2D eigenvalue weighted by molar-refractivity contribution is -0.150. The van der Waals surface area contributed by atoms with Crippen LogP contribution in [0.3, 0.4) is 0 Å². The highest BCUT2D eigenvalue weighted by Crippen LogP contribution is 2.42. The molecule has 1 aromatic carbocycles. The van der Waals surface area contributed by atoms with Crippen LogP contribution in [0, 0.1) is 11.3 Å². The summed E-state index contributed by atoms with van der Waals surface area (Å²) in [6.07, 6.45) is 4.64. The molecule has 2 atom stereocenters. The van der Waals surface area contributed by atoms with Crippen LogP contribution >= 0.6 is 0 Å². The Morgan fingerprint density at radius 3 is 2.76 bits per heavy atom. The summed E-state index contributed by atoms with van der Waals surface area (Å²) < 4.78 is 0. The Morgan fingerprint density at radius 2 is 2.14 bits per heavy atom. The Labute approximate surface area is 127 Å². The Kier molecular flexibility index (Phi) is 5.04. The zero-order valence-corrected chi connectivity index (χ0v) is 13.1. The van der Waals surface area contributed by atoms with Gasteiger partial charge in [0, 0.05) is 6.54 Å². The topological polar surface area (TPSA) is 63.3 Å². The SMILES string of the molecule is CC(C)CC(CN)(CC1CCCc2ccccc21)C(=O)O. The fourth-order valence-electron chi connectivity index (χ4n) is 3.83. The molecule has 1 aliphatic carbocycles. The normalized spacial score (nSPS) is 20.9. The third-order valence-corrected chi connectivity index (χ3v) is 4.77. The molecule has 0 radical (unpaired) electrons. The van der Waals surface area contributed by atoms with Gasteiger partial charge in [-0.25, -0.2) is 0 Å². The van der Waals surface area contributed by atoms with Crippen molar-refractivity contribution in [2.45, 2.75) is 51.9 Å². The summed E-state index contributed by atoms with van der Waals surface area (Å²) in [6, 6.07) is 8.47. The van der Waals surface area contributed by atoms with Gasteiger partial charge in [-0.1, -0.05) is 38.1 Å². The van der Waals surface area contributed by atoms with Crippen LogP contribution in [-0.2, 0) is 11.2 Å². The second-order valence-electron chi connectivity index (χ2n) is 6.88. The second kappa shape index (κ2) is 6.61. The van der Waals surface area contributed by atoms with Gasteiger partial charge in [0.1, 0.15) is 0 Å².